The van der Waals surface area contributed by atoms with Crippen molar-refractivity contribution in [3.63, 3.8) is 0 Å². The summed E-state index contributed by atoms with van der Waals surface area (Å²) >= 11 is 0. The van der Waals surface area contributed by atoms with E-state index >= 15 is 0 Å². The molecule has 0 heterocycles. The summed E-state index contributed by atoms with van der Waals surface area (Å²) in [5.41, 5.74) is 3.08. The lowest BCUT2D eigenvalue weighted by atomic mass is 10.1. The average Bonchev–Trinajstić information content (AvgIpc) is 2.56. The van der Waals surface area contributed by atoms with Gasteiger partial charge in [0.2, 0.25) is 10.0 Å². The second kappa shape index (κ2) is 8.24. The Morgan fingerprint density at radius 2 is 1.58 bits per heavy atom. The number of aryl methyl sites for hydroxylation is 2. The van der Waals surface area contributed by atoms with Crippen molar-refractivity contribution in [2.75, 3.05) is 13.2 Å². The highest BCUT2D eigenvalue weighted by Gasteiger charge is 2.18. The normalized spacial score (nSPS) is 12.8. The zero-order valence-corrected chi connectivity index (χ0v) is 14.8. The molecule has 0 aliphatic carbocycles. The molecule has 2 aromatic carbocycles. The van der Waals surface area contributed by atoms with Crippen LogP contribution in [0, 0.1) is 13.8 Å². The van der Waals surface area contributed by atoms with E-state index in [9.17, 15) is 8.42 Å². The third kappa shape index (κ3) is 5.03. The van der Waals surface area contributed by atoms with Crippen molar-refractivity contribution in [1.82, 2.24) is 4.72 Å². The second-order valence-corrected chi connectivity index (χ2v) is 7.45. The summed E-state index contributed by atoms with van der Waals surface area (Å²) in [5.74, 6) is 0. The van der Waals surface area contributed by atoms with Gasteiger partial charge in [0.15, 0.2) is 0 Å². The van der Waals surface area contributed by atoms with E-state index in [4.69, 9.17) is 4.74 Å². The number of nitrogens with one attached hydrogen (secondary N) is 1. The molecule has 0 amide bonds. The van der Waals surface area contributed by atoms with E-state index in [2.05, 4.69) is 11.3 Å². The average molecular weight is 345 g/mol. The van der Waals surface area contributed by atoms with Crippen LogP contribution in [-0.2, 0) is 14.8 Å². The number of hydrogen-bond acceptors (Lipinski definition) is 3. The summed E-state index contributed by atoms with van der Waals surface area (Å²) in [4.78, 5) is 0.250. The third-order valence-corrected chi connectivity index (χ3v) is 5.09. The molecule has 5 heteroatoms. The van der Waals surface area contributed by atoms with Gasteiger partial charge in [-0.05, 0) is 31.5 Å². The standard InChI is InChI=1S/C19H23NO3S/c1-4-13-23-19(17-9-5-15(2)6-10-17)14-20-24(21,22)18-11-7-16(3)8-12-18/h4-12,19-20H,1,13-14H2,2-3H3. The van der Waals surface area contributed by atoms with Crippen LogP contribution >= 0.6 is 0 Å². The number of hydrogen-bond donors (Lipinski definition) is 1. The lowest BCUT2D eigenvalue weighted by molar-refractivity contribution is 0.0780. The Hall–Kier alpha value is -1.95. The van der Waals surface area contributed by atoms with Crippen LogP contribution in [-0.4, -0.2) is 21.6 Å². The van der Waals surface area contributed by atoms with Crippen molar-refractivity contribution in [3.8, 4) is 0 Å². The molecular formula is C19H23NO3S. The van der Waals surface area contributed by atoms with Crippen molar-refractivity contribution in [2.24, 2.45) is 0 Å². The molecule has 128 valence electrons. The molecule has 0 saturated heterocycles. The van der Waals surface area contributed by atoms with Crippen molar-refractivity contribution >= 4 is 10.0 Å². The first kappa shape index (κ1) is 18.4. The Labute approximate surface area is 144 Å². The first-order valence-electron chi connectivity index (χ1n) is 7.78. The number of ether oxygens (including phenoxy) is 1. The van der Waals surface area contributed by atoms with Gasteiger partial charge in [-0.25, -0.2) is 13.1 Å². The van der Waals surface area contributed by atoms with Crippen molar-refractivity contribution in [1.29, 1.82) is 0 Å². The molecule has 2 rings (SSSR count). The van der Waals surface area contributed by atoms with E-state index in [1.165, 1.54) is 0 Å². The van der Waals surface area contributed by atoms with E-state index in [0.717, 1.165) is 16.7 Å². The number of rotatable bonds is 8. The Morgan fingerprint density at radius 1 is 1.04 bits per heavy atom. The largest absolute Gasteiger partial charge is 0.368 e. The van der Waals surface area contributed by atoms with Gasteiger partial charge >= 0.3 is 0 Å². The van der Waals surface area contributed by atoms with Crippen molar-refractivity contribution in [2.45, 2.75) is 24.8 Å². The van der Waals surface area contributed by atoms with E-state index in [1.807, 2.05) is 38.1 Å². The molecule has 1 atom stereocenters. The van der Waals surface area contributed by atoms with E-state index in [1.54, 1.807) is 30.3 Å². The molecule has 4 nitrogen and oxygen atoms in total. The van der Waals surface area contributed by atoms with Crippen LogP contribution in [0.3, 0.4) is 0 Å². The van der Waals surface area contributed by atoms with Gasteiger partial charge in [-0.2, -0.15) is 0 Å². The van der Waals surface area contributed by atoms with Crippen LogP contribution in [0.5, 0.6) is 0 Å². The minimum Gasteiger partial charge on any atom is -0.368 e. The first-order chi connectivity index (χ1) is 11.4. The molecule has 0 radical (unpaired) electrons. The van der Waals surface area contributed by atoms with Crippen LogP contribution < -0.4 is 4.72 Å². The molecule has 0 spiro atoms. The van der Waals surface area contributed by atoms with Gasteiger partial charge in [0.1, 0.15) is 0 Å². The van der Waals surface area contributed by atoms with Gasteiger partial charge in [-0.15, -0.1) is 6.58 Å². The Bertz CT molecular complexity index is 765. The smallest absolute Gasteiger partial charge is 0.240 e. The summed E-state index contributed by atoms with van der Waals surface area (Å²) < 4.78 is 33.2. The maximum atomic E-state index is 12.4. The van der Waals surface area contributed by atoms with Crippen molar-refractivity contribution in [3.05, 3.63) is 77.9 Å². The molecule has 1 N–H and O–H groups in total. The van der Waals surface area contributed by atoms with E-state index in [0.29, 0.717) is 6.61 Å². The molecule has 0 bridgehead atoms. The quantitative estimate of drug-likeness (QED) is 0.745. The fourth-order valence-electron chi connectivity index (χ4n) is 2.22. The molecule has 1 unspecified atom stereocenters. The van der Waals surface area contributed by atoms with Crippen LogP contribution in [0.2, 0.25) is 0 Å². The van der Waals surface area contributed by atoms with Gasteiger partial charge in [0.25, 0.3) is 0 Å². The second-order valence-electron chi connectivity index (χ2n) is 5.69. The molecule has 0 aliphatic heterocycles. The summed E-state index contributed by atoms with van der Waals surface area (Å²) in [6.45, 7) is 8.07. The van der Waals surface area contributed by atoms with E-state index < -0.39 is 10.0 Å². The van der Waals surface area contributed by atoms with E-state index in [-0.39, 0.29) is 17.5 Å². The Balaban J connectivity index is 2.12. The third-order valence-electron chi connectivity index (χ3n) is 3.65. The molecule has 0 aromatic heterocycles. The molecule has 0 aliphatic rings. The molecule has 24 heavy (non-hydrogen) atoms. The zero-order chi connectivity index (χ0) is 17.6. The molecular weight excluding hydrogens is 322 g/mol. The lowest BCUT2D eigenvalue weighted by Crippen LogP contribution is -2.29. The monoisotopic (exact) mass is 345 g/mol. The van der Waals surface area contributed by atoms with Crippen molar-refractivity contribution < 1.29 is 13.2 Å². The molecule has 2 aromatic rings. The fraction of sp³-hybridized carbons (Fsp3) is 0.263. The summed E-state index contributed by atoms with van der Waals surface area (Å²) in [5, 5.41) is 0. The topological polar surface area (TPSA) is 55.4 Å². The minimum atomic E-state index is -3.57. The number of benzene rings is 2. The van der Waals surface area contributed by atoms with Gasteiger partial charge in [-0.3, -0.25) is 0 Å². The minimum absolute atomic E-state index is 0.160. The van der Waals surface area contributed by atoms with Gasteiger partial charge in [0.05, 0.1) is 17.6 Å². The zero-order valence-electron chi connectivity index (χ0n) is 14.0. The summed E-state index contributed by atoms with van der Waals surface area (Å²) in [6, 6.07) is 14.6. The van der Waals surface area contributed by atoms with Gasteiger partial charge in [0, 0.05) is 6.54 Å². The lowest BCUT2D eigenvalue weighted by Gasteiger charge is -2.18. The van der Waals surface area contributed by atoms with Crippen LogP contribution in [0.15, 0.2) is 66.1 Å². The van der Waals surface area contributed by atoms with Crippen LogP contribution in [0.1, 0.15) is 22.8 Å². The highest BCUT2D eigenvalue weighted by atomic mass is 32.2. The highest BCUT2D eigenvalue weighted by Crippen LogP contribution is 2.19. The van der Waals surface area contributed by atoms with Crippen LogP contribution in [0.4, 0.5) is 0 Å². The predicted molar refractivity (Wildman–Crippen MR) is 96.4 cm³/mol. The van der Waals surface area contributed by atoms with Gasteiger partial charge in [-0.1, -0.05) is 53.6 Å². The van der Waals surface area contributed by atoms with Gasteiger partial charge < -0.3 is 4.74 Å². The summed E-state index contributed by atoms with van der Waals surface area (Å²) in [7, 11) is -3.57. The maximum Gasteiger partial charge on any atom is 0.240 e. The van der Waals surface area contributed by atoms with Crippen LogP contribution in [0.25, 0.3) is 0 Å². The highest BCUT2D eigenvalue weighted by molar-refractivity contribution is 7.89. The predicted octanol–water partition coefficient (Wildman–Crippen LogP) is 3.53. The Kier molecular flexibility index (Phi) is 6.31. The Morgan fingerprint density at radius 3 is 2.12 bits per heavy atom. The number of sulfonamides is 1. The summed E-state index contributed by atoms with van der Waals surface area (Å²) in [6.07, 6.45) is 1.28. The fourth-order valence-corrected chi connectivity index (χ4v) is 3.26. The maximum absolute atomic E-state index is 12.4. The molecule has 0 fully saturated rings. The molecule has 0 saturated carbocycles. The SMILES string of the molecule is C=CCOC(CNS(=O)(=O)c1ccc(C)cc1)c1ccc(C)cc1. The first-order valence-corrected chi connectivity index (χ1v) is 9.26.